The van der Waals surface area contributed by atoms with Gasteiger partial charge in [0.15, 0.2) is 0 Å². The van der Waals surface area contributed by atoms with Crippen LogP contribution in [0.5, 0.6) is 0 Å². The Morgan fingerprint density at radius 3 is 2.64 bits per heavy atom. The van der Waals surface area contributed by atoms with Crippen molar-refractivity contribution in [3.8, 4) is 0 Å². The van der Waals surface area contributed by atoms with Crippen molar-refractivity contribution in [1.82, 2.24) is 10.7 Å². The summed E-state index contributed by atoms with van der Waals surface area (Å²) in [6, 6.07) is 0.581. The van der Waals surface area contributed by atoms with Crippen molar-refractivity contribution < 1.29 is 0 Å². The zero-order valence-corrected chi connectivity index (χ0v) is 7.69. The van der Waals surface area contributed by atoms with Gasteiger partial charge in [-0.05, 0) is 13.3 Å². The van der Waals surface area contributed by atoms with Gasteiger partial charge in [0.25, 0.3) is 0 Å². The molecule has 0 saturated carbocycles. The van der Waals surface area contributed by atoms with Gasteiger partial charge >= 0.3 is 0 Å². The van der Waals surface area contributed by atoms with E-state index in [-0.39, 0.29) is 0 Å². The molecule has 0 bridgehead atoms. The van der Waals surface area contributed by atoms with Gasteiger partial charge in [-0.25, -0.2) is 5.43 Å². The molecule has 1 atom stereocenters. The molecule has 0 aromatic rings. The predicted molar refractivity (Wildman–Crippen MR) is 48.9 cm³/mol. The van der Waals surface area contributed by atoms with E-state index in [1.807, 2.05) is 0 Å². The molecule has 0 radical (unpaired) electrons. The van der Waals surface area contributed by atoms with Crippen molar-refractivity contribution in [2.24, 2.45) is 5.84 Å². The minimum Gasteiger partial charge on any atom is -0.301 e. The summed E-state index contributed by atoms with van der Waals surface area (Å²) in [6.07, 6.45) is 5.19. The van der Waals surface area contributed by atoms with E-state index in [4.69, 9.17) is 5.84 Å². The number of hydrogen-bond donors (Lipinski definition) is 3. The van der Waals surface area contributed by atoms with E-state index in [9.17, 15) is 0 Å². The Labute approximate surface area is 69.7 Å². The first-order valence-electron chi connectivity index (χ1n) is 4.48. The molecule has 0 aliphatic rings. The predicted octanol–water partition coefficient (Wildman–Crippen LogP) is 0.966. The normalized spacial score (nSPS) is 13.4. The highest BCUT2D eigenvalue weighted by Crippen LogP contribution is 2.01. The fourth-order valence-electron chi connectivity index (χ4n) is 1.04. The smallest absolute Gasteiger partial charge is 0.0589 e. The number of hydrazine groups is 1. The first-order valence-corrected chi connectivity index (χ1v) is 4.48. The summed E-state index contributed by atoms with van der Waals surface area (Å²) in [4.78, 5) is 0. The lowest BCUT2D eigenvalue weighted by Crippen LogP contribution is -2.38. The van der Waals surface area contributed by atoms with E-state index in [1.54, 1.807) is 0 Å². The van der Waals surface area contributed by atoms with Crippen LogP contribution in [-0.4, -0.2) is 12.7 Å². The lowest BCUT2D eigenvalue weighted by Gasteiger charge is -2.12. The quantitative estimate of drug-likeness (QED) is 0.224. The minimum atomic E-state index is 0.581. The van der Waals surface area contributed by atoms with Gasteiger partial charge in [-0.2, -0.15) is 0 Å². The van der Waals surface area contributed by atoms with Crippen LogP contribution in [0.4, 0.5) is 0 Å². The summed E-state index contributed by atoms with van der Waals surface area (Å²) in [5, 5.41) is 3.26. The summed E-state index contributed by atoms with van der Waals surface area (Å²) >= 11 is 0. The third-order valence-electron chi connectivity index (χ3n) is 1.79. The highest BCUT2D eigenvalue weighted by Gasteiger charge is 1.97. The van der Waals surface area contributed by atoms with E-state index in [0.29, 0.717) is 12.7 Å². The second-order valence-corrected chi connectivity index (χ2v) is 2.98. The molecular weight excluding hydrogens is 138 g/mol. The van der Waals surface area contributed by atoms with E-state index in [0.717, 1.165) is 0 Å². The Kier molecular flexibility index (Phi) is 7.89. The number of hydrogen-bond acceptors (Lipinski definition) is 3. The van der Waals surface area contributed by atoms with Crippen LogP contribution in [0.3, 0.4) is 0 Å². The van der Waals surface area contributed by atoms with Gasteiger partial charge in [-0.3, -0.25) is 5.84 Å². The molecule has 1 unspecified atom stereocenters. The maximum atomic E-state index is 5.12. The van der Waals surface area contributed by atoms with Crippen LogP contribution in [0.1, 0.15) is 39.5 Å². The van der Waals surface area contributed by atoms with Gasteiger partial charge in [0.2, 0.25) is 0 Å². The van der Waals surface area contributed by atoms with Gasteiger partial charge in [-0.1, -0.05) is 26.2 Å². The van der Waals surface area contributed by atoms with Crippen molar-refractivity contribution in [2.75, 3.05) is 6.67 Å². The largest absolute Gasteiger partial charge is 0.301 e. The third-order valence-corrected chi connectivity index (χ3v) is 1.79. The monoisotopic (exact) mass is 159 g/mol. The standard InChI is InChI=1S/C8H21N3/c1-3-4-5-6-8(2)10-7-11-9/h8,10-11H,3-7,9H2,1-2H3. The van der Waals surface area contributed by atoms with Crippen molar-refractivity contribution >= 4 is 0 Å². The number of nitrogens with one attached hydrogen (secondary N) is 2. The maximum Gasteiger partial charge on any atom is 0.0589 e. The molecule has 0 heterocycles. The van der Waals surface area contributed by atoms with Gasteiger partial charge in [-0.15, -0.1) is 0 Å². The highest BCUT2D eigenvalue weighted by atomic mass is 15.3. The highest BCUT2D eigenvalue weighted by molar-refractivity contribution is 4.58. The first-order chi connectivity index (χ1) is 5.31. The molecule has 0 aromatic heterocycles. The second-order valence-electron chi connectivity index (χ2n) is 2.98. The van der Waals surface area contributed by atoms with Gasteiger partial charge in [0.1, 0.15) is 0 Å². The molecule has 0 spiro atoms. The van der Waals surface area contributed by atoms with Crippen molar-refractivity contribution in [3.05, 3.63) is 0 Å². The van der Waals surface area contributed by atoms with Crippen LogP contribution in [0.25, 0.3) is 0 Å². The fourth-order valence-corrected chi connectivity index (χ4v) is 1.04. The zero-order chi connectivity index (χ0) is 8.53. The Hall–Kier alpha value is -0.120. The Morgan fingerprint density at radius 1 is 1.36 bits per heavy atom. The van der Waals surface area contributed by atoms with Crippen LogP contribution >= 0.6 is 0 Å². The van der Waals surface area contributed by atoms with Crippen LogP contribution in [0.15, 0.2) is 0 Å². The summed E-state index contributed by atoms with van der Waals surface area (Å²) < 4.78 is 0. The minimum absolute atomic E-state index is 0.581. The molecule has 4 N–H and O–H groups in total. The molecule has 0 rings (SSSR count). The third kappa shape index (κ3) is 7.78. The van der Waals surface area contributed by atoms with E-state index in [1.165, 1.54) is 25.7 Å². The average molecular weight is 159 g/mol. The number of nitrogens with two attached hydrogens (primary N) is 1. The van der Waals surface area contributed by atoms with Crippen LogP contribution < -0.4 is 16.6 Å². The number of rotatable bonds is 7. The van der Waals surface area contributed by atoms with Crippen molar-refractivity contribution in [1.29, 1.82) is 0 Å². The summed E-state index contributed by atoms with van der Waals surface area (Å²) in [6.45, 7) is 5.11. The summed E-state index contributed by atoms with van der Waals surface area (Å²) in [7, 11) is 0. The Bertz CT molecular complexity index is 75.7. The topological polar surface area (TPSA) is 50.1 Å². The average Bonchev–Trinajstić information content (AvgIpc) is 2.01. The van der Waals surface area contributed by atoms with E-state index in [2.05, 4.69) is 24.6 Å². The molecule has 0 aromatic carbocycles. The lowest BCUT2D eigenvalue weighted by atomic mass is 10.1. The van der Waals surface area contributed by atoms with Gasteiger partial charge in [0.05, 0.1) is 6.67 Å². The molecule has 3 nitrogen and oxygen atoms in total. The van der Waals surface area contributed by atoms with Gasteiger partial charge in [0, 0.05) is 6.04 Å². The number of unbranched alkanes of at least 4 members (excludes halogenated alkanes) is 2. The molecule has 0 aliphatic heterocycles. The zero-order valence-electron chi connectivity index (χ0n) is 7.69. The van der Waals surface area contributed by atoms with Crippen molar-refractivity contribution in [2.45, 2.75) is 45.6 Å². The first kappa shape index (κ1) is 10.9. The Morgan fingerprint density at radius 2 is 2.09 bits per heavy atom. The molecule has 68 valence electrons. The molecule has 0 aliphatic carbocycles. The molecule has 0 amide bonds. The summed E-state index contributed by atoms with van der Waals surface area (Å²) in [5.74, 6) is 5.12. The van der Waals surface area contributed by atoms with Crippen molar-refractivity contribution in [3.63, 3.8) is 0 Å². The van der Waals surface area contributed by atoms with Gasteiger partial charge < -0.3 is 5.32 Å². The molecule has 11 heavy (non-hydrogen) atoms. The fraction of sp³-hybridized carbons (Fsp3) is 1.00. The lowest BCUT2D eigenvalue weighted by molar-refractivity contribution is 0.466. The van der Waals surface area contributed by atoms with E-state index >= 15 is 0 Å². The van der Waals surface area contributed by atoms with Crippen LogP contribution in [0.2, 0.25) is 0 Å². The maximum absolute atomic E-state index is 5.12. The molecular formula is C8H21N3. The molecule has 0 saturated heterocycles. The molecule has 3 heteroatoms. The van der Waals surface area contributed by atoms with Crippen LogP contribution in [-0.2, 0) is 0 Å². The van der Waals surface area contributed by atoms with E-state index < -0.39 is 0 Å². The summed E-state index contributed by atoms with van der Waals surface area (Å²) in [5.41, 5.74) is 2.58. The molecule has 0 fully saturated rings. The van der Waals surface area contributed by atoms with Crippen LogP contribution in [0, 0.1) is 0 Å². The SMILES string of the molecule is CCCCCC(C)NCNN. The second kappa shape index (κ2) is 7.98. The Balaban J connectivity index is 3.02.